The molecule has 0 aliphatic carbocycles. The van der Waals surface area contributed by atoms with E-state index < -0.39 is 53.8 Å². The van der Waals surface area contributed by atoms with Crippen molar-refractivity contribution < 1.29 is 28.7 Å². The number of hydrogen-bond acceptors (Lipinski definition) is 7. The van der Waals surface area contributed by atoms with Crippen LogP contribution in [0.1, 0.15) is 34.6 Å². The topological polar surface area (TPSA) is 142 Å². The van der Waals surface area contributed by atoms with Crippen LogP contribution in [0.4, 0.5) is 0 Å². The summed E-state index contributed by atoms with van der Waals surface area (Å²) in [7, 11) is 4.35. The van der Waals surface area contributed by atoms with Gasteiger partial charge in [-0.1, -0.05) is 27.7 Å². The summed E-state index contributed by atoms with van der Waals surface area (Å²) in [4.78, 5) is 67.4. The van der Waals surface area contributed by atoms with Crippen LogP contribution in [0.15, 0.2) is 0 Å². The van der Waals surface area contributed by atoms with Gasteiger partial charge in [0.1, 0.15) is 24.2 Å². The highest BCUT2D eigenvalue weighted by molar-refractivity contribution is 5.93. The summed E-state index contributed by atoms with van der Waals surface area (Å²) in [5.41, 5.74) is 6.00. The Labute approximate surface area is 189 Å². The zero-order valence-corrected chi connectivity index (χ0v) is 20.2. The van der Waals surface area contributed by atoms with E-state index in [1.54, 1.807) is 27.7 Å². The van der Waals surface area contributed by atoms with E-state index in [0.717, 1.165) is 0 Å². The SMILES string of the molecule is CC(C)C1NC(=O)C(N)C(C)OC(=O)C(C(C)C)N(C)C(=O)CN(C)C(=O)CN(C)C1=O. The number of nitrogens with zero attached hydrogens (tertiary/aromatic N) is 3. The molecule has 0 saturated carbocycles. The van der Waals surface area contributed by atoms with Crippen LogP contribution in [0.3, 0.4) is 0 Å². The van der Waals surface area contributed by atoms with E-state index >= 15 is 0 Å². The van der Waals surface area contributed by atoms with Gasteiger partial charge in [0.15, 0.2) is 0 Å². The normalized spacial score (nSPS) is 27.8. The molecule has 1 aliphatic rings. The third kappa shape index (κ3) is 6.65. The molecular formula is C21H37N5O6. The minimum absolute atomic E-state index is 0.271. The molecule has 4 unspecified atom stereocenters. The van der Waals surface area contributed by atoms with Gasteiger partial charge in [-0.05, 0) is 18.8 Å². The van der Waals surface area contributed by atoms with Gasteiger partial charge < -0.3 is 30.5 Å². The summed E-state index contributed by atoms with van der Waals surface area (Å²) in [5, 5.41) is 2.61. The molecule has 0 aromatic carbocycles. The molecule has 11 nitrogen and oxygen atoms in total. The zero-order valence-electron chi connectivity index (χ0n) is 20.2. The molecule has 4 amide bonds. The lowest BCUT2D eigenvalue weighted by atomic mass is 10.0. The number of nitrogens with one attached hydrogen (secondary N) is 1. The van der Waals surface area contributed by atoms with Gasteiger partial charge >= 0.3 is 5.97 Å². The molecule has 0 radical (unpaired) electrons. The van der Waals surface area contributed by atoms with E-state index in [4.69, 9.17) is 10.5 Å². The van der Waals surface area contributed by atoms with E-state index in [2.05, 4.69) is 5.32 Å². The van der Waals surface area contributed by atoms with Crippen molar-refractivity contribution in [1.29, 1.82) is 0 Å². The Kier molecular flexibility index (Phi) is 9.62. The largest absolute Gasteiger partial charge is 0.459 e. The Morgan fingerprint density at radius 3 is 1.94 bits per heavy atom. The molecule has 0 bridgehead atoms. The van der Waals surface area contributed by atoms with E-state index in [9.17, 15) is 24.0 Å². The third-order valence-electron chi connectivity index (χ3n) is 5.57. The van der Waals surface area contributed by atoms with Gasteiger partial charge in [0.05, 0.1) is 13.1 Å². The van der Waals surface area contributed by atoms with Crippen LogP contribution in [-0.2, 0) is 28.7 Å². The molecule has 1 aliphatic heterocycles. The number of nitrogens with two attached hydrogens (primary N) is 1. The Bertz CT molecular complexity index is 740. The monoisotopic (exact) mass is 455 g/mol. The maximum absolute atomic E-state index is 12.9. The molecule has 182 valence electrons. The van der Waals surface area contributed by atoms with Gasteiger partial charge in [0, 0.05) is 21.1 Å². The van der Waals surface area contributed by atoms with E-state index in [-0.39, 0.29) is 24.9 Å². The summed E-state index contributed by atoms with van der Waals surface area (Å²) >= 11 is 0. The second-order valence-electron chi connectivity index (χ2n) is 9.04. The minimum Gasteiger partial charge on any atom is -0.459 e. The van der Waals surface area contributed by atoms with Crippen LogP contribution in [0.5, 0.6) is 0 Å². The van der Waals surface area contributed by atoms with Crippen molar-refractivity contribution in [2.24, 2.45) is 17.6 Å². The number of likely N-dealkylation sites (N-methyl/N-ethyl adjacent to an activating group) is 3. The number of rotatable bonds is 2. The van der Waals surface area contributed by atoms with Gasteiger partial charge in [0.25, 0.3) is 0 Å². The first kappa shape index (κ1) is 27.3. The number of cyclic esters (lactones) is 1. The number of carbonyl (C=O) groups is 5. The second kappa shape index (κ2) is 11.3. The minimum atomic E-state index is -1.23. The fraction of sp³-hybridized carbons (Fsp3) is 0.762. The second-order valence-corrected chi connectivity index (χ2v) is 9.04. The summed E-state index contributed by atoms with van der Waals surface area (Å²) < 4.78 is 5.42. The molecule has 1 saturated heterocycles. The van der Waals surface area contributed by atoms with Crippen molar-refractivity contribution in [3.05, 3.63) is 0 Å². The molecule has 1 heterocycles. The summed E-state index contributed by atoms with van der Waals surface area (Å²) in [6.45, 7) is 7.95. The molecule has 3 N–H and O–H groups in total. The zero-order chi connectivity index (χ0) is 24.9. The number of carbonyl (C=O) groups excluding carboxylic acids is 5. The molecule has 4 atom stereocenters. The molecule has 1 rings (SSSR count). The van der Waals surface area contributed by atoms with Crippen LogP contribution in [-0.4, -0.2) is 103 Å². The third-order valence-corrected chi connectivity index (χ3v) is 5.57. The number of amides is 4. The van der Waals surface area contributed by atoms with Gasteiger partial charge in [-0.2, -0.15) is 0 Å². The fourth-order valence-electron chi connectivity index (χ4n) is 3.38. The maximum Gasteiger partial charge on any atom is 0.329 e. The predicted octanol–water partition coefficient (Wildman–Crippen LogP) is -1.20. The lowest BCUT2D eigenvalue weighted by Crippen LogP contribution is -2.58. The average molecular weight is 456 g/mol. The van der Waals surface area contributed by atoms with E-state index in [1.165, 1.54) is 42.8 Å². The van der Waals surface area contributed by atoms with Crippen LogP contribution in [0, 0.1) is 11.8 Å². The molecule has 0 spiro atoms. The van der Waals surface area contributed by atoms with Crippen molar-refractivity contribution in [3.63, 3.8) is 0 Å². The van der Waals surface area contributed by atoms with Crippen molar-refractivity contribution in [2.75, 3.05) is 34.2 Å². The van der Waals surface area contributed by atoms with Crippen LogP contribution in [0.2, 0.25) is 0 Å². The van der Waals surface area contributed by atoms with Crippen molar-refractivity contribution >= 4 is 29.6 Å². The quantitative estimate of drug-likeness (QED) is 0.498. The van der Waals surface area contributed by atoms with Crippen LogP contribution < -0.4 is 11.1 Å². The molecule has 0 aromatic rings. The highest BCUT2D eigenvalue weighted by atomic mass is 16.5. The van der Waals surface area contributed by atoms with Crippen molar-refractivity contribution in [1.82, 2.24) is 20.0 Å². The van der Waals surface area contributed by atoms with Crippen LogP contribution >= 0.6 is 0 Å². The van der Waals surface area contributed by atoms with Crippen LogP contribution in [0.25, 0.3) is 0 Å². The Morgan fingerprint density at radius 1 is 0.906 bits per heavy atom. The Hall–Kier alpha value is -2.69. The first-order valence-corrected chi connectivity index (χ1v) is 10.7. The Morgan fingerprint density at radius 2 is 1.44 bits per heavy atom. The molecule has 11 heteroatoms. The fourth-order valence-corrected chi connectivity index (χ4v) is 3.38. The predicted molar refractivity (Wildman–Crippen MR) is 117 cm³/mol. The molecule has 32 heavy (non-hydrogen) atoms. The van der Waals surface area contributed by atoms with Crippen molar-refractivity contribution in [3.8, 4) is 0 Å². The van der Waals surface area contributed by atoms with Gasteiger partial charge in [-0.25, -0.2) is 4.79 Å². The first-order chi connectivity index (χ1) is 14.7. The number of esters is 1. The highest BCUT2D eigenvalue weighted by Crippen LogP contribution is 2.15. The van der Waals surface area contributed by atoms with Gasteiger partial charge in [-0.15, -0.1) is 0 Å². The van der Waals surface area contributed by atoms with Crippen molar-refractivity contribution in [2.45, 2.75) is 58.8 Å². The maximum atomic E-state index is 12.9. The summed E-state index contributed by atoms with van der Waals surface area (Å²) in [5.74, 6) is -3.34. The molecule has 1 fully saturated rings. The lowest BCUT2D eigenvalue weighted by molar-refractivity contribution is -0.162. The lowest BCUT2D eigenvalue weighted by Gasteiger charge is -2.33. The highest BCUT2D eigenvalue weighted by Gasteiger charge is 2.37. The average Bonchev–Trinajstić information content (AvgIpc) is 2.68. The van der Waals surface area contributed by atoms with Gasteiger partial charge in [-0.3, -0.25) is 19.2 Å². The first-order valence-electron chi connectivity index (χ1n) is 10.7. The molecule has 0 aromatic heterocycles. The molecular weight excluding hydrogens is 418 g/mol. The number of hydrogen-bond donors (Lipinski definition) is 2. The Balaban J connectivity index is 3.34. The van der Waals surface area contributed by atoms with E-state index in [1.807, 2.05) is 0 Å². The van der Waals surface area contributed by atoms with Gasteiger partial charge in [0.2, 0.25) is 23.6 Å². The van der Waals surface area contributed by atoms with E-state index in [0.29, 0.717) is 0 Å². The number of ether oxygens (including phenoxy) is 1. The summed E-state index contributed by atoms with van der Waals surface area (Å²) in [6.07, 6.45) is -0.995. The standard InChI is InChI=1S/C21H37N5O6/c1-11(2)17-20(30)25(7)9-14(27)24(6)10-15(28)26(8)18(12(3)4)21(31)32-13(5)16(22)19(29)23-17/h11-13,16-18H,9-10,22H2,1-8H3,(H,23,29). The smallest absolute Gasteiger partial charge is 0.329 e. The summed E-state index contributed by atoms with van der Waals surface area (Å²) in [6, 6.07) is -3.08.